The normalized spacial score (nSPS) is 21.7. The minimum atomic E-state index is -0.696. The van der Waals surface area contributed by atoms with E-state index in [1.54, 1.807) is 18.5 Å². The third-order valence-corrected chi connectivity index (χ3v) is 6.70. The molecule has 5 heterocycles. The molecular weight excluding hydrogens is 425 g/mol. The van der Waals surface area contributed by atoms with Crippen LogP contribution in [0.2, 0.25) is 0 Å². The third kappa shape index (κ3) is 3.01. The van der Waals surface area contributed by atoms with Crippen LogP contribution in [0.25, 0.3) is 22.3 Å². The van der Waals surface area contributed by atoms with Crippen molar-refractivity contribution >= 4 is 22.5 Å². The molecule has 1 aromatic carbocycles. The van der Waals surface area contributed by atoms with Gasteiger partial charge in [-0.2, -0.15) is 5.10 Å². The van der Waals surface area contributed by atoms with Crippen LogP contribution >= 0.6 is 0 Å². The Morgan fingerprint density at radius 2 is 2.12 bits per heavy atom. The second-order valence-corrected chi connectivity index (χ2v) is 8.92. The van der Waals surface area contributed by atoms with Gasteiger partial charge in [0.15, 0.2) is 23.0 Å². The number of phenols is 1. The maximum absolute atomic E-state index is 13.9. The van der Waals surface area contributed by atoms with Crippen LogP contribution in [0.3, 0.4) is 0 Å². The highest BCUT2D eigenvalue weighted by atomic mass is 19.1. The van der Waals surface area contributed by atoms with Crippen molar-refractivity contribution in [3.63, 3.8) is 0 Å². The van der Waals surface area contributed by atoms with Crippen molar-refractivity contribution in [3.05, 3.63) is 54.1 Å². The first-order chi connectivity index (χ1) is 16.0. The summed E-state index contributed by atoms with van der Waals surface area (Å²) < 4.78 is 15.9. The highest BCUT2D eigenvalue weighted by molar-refractivity contribution is 5.78. The van der Waals surface area contributed by atoms with Gasteiger partial charge in [0.2, 0.25) is 0 Å². The molecule has 0 spiro atoms. The molecule has 3 aromatic heterocycles. The number of aliphatic hydroxyl groups is 1. The number of aromatic hydroxyl groups is 1. The Kier molecular flexibility index (Phi) is 4.28. The fraction of sp³-hybridized carbons (Fsp3) is 0.304. The van der Waals surface area contributed by atoms with Gasteiger partial charge in [0.05, 0.1) is 35.8 Å². The first-order valence-corrected chi connectivity index (χ1v) is 10.8. The maximum Gasteiger partial charge on any atom is 0.172 e. The fourth-order valence-electron chi connectivity index (χ4n) is 5.01. The van der Waals surface area contributed by atoms with Gasteiger partial charge in [0, 0.05) is 30.2 Å². The number of nitrogens with one attached hydrogen (secondary N) is 1. The number of phenolic OH excluding ortho intramolecular Hbond substituents is 1. The molecule has 0 aliphatic carbocycles. The molecule has 168 valence electrons. The van der Waals surface area contributed by atoms with E-state index in [1.807, 2.05) is 16.8 Å². The fourth-order valence-corrected chi connectivity index (χ4v) is 5.01. The molecule has 0 unspecified atom stereocenters. The molecule has 3 N–H and O–H groups in total. The highest BCUT2D eigenvalue weighted by Crippen LogP contribution is 2.46. The summed E-state index contributed by atoms with van der Waals surface area (Å²) in [6.45, 7) is 3.50. The van der Waals surface area contributed by atoms with Crippen LogP contribution in [-0.4, -0.2) is 53.8 Å². The molecular formula is C23H22FN7O2. The van der Waals surface area contributed by atoms with Crippen LogP contribution in [0.15, 0.2) is 42.7 Å². The molecule has 33 heavy (non-hydrogen) atoms. The molecule has 9 nitrogen and oxygen atoms in total. The first-order valence-electron chi connectivity index (χ1n) is 10.8. The third-order valence-electron chi connectivity index (χ3n) is 6.70. The van der Waals surface area contributed by atoms with Gasteiger partial charge in [-0.25, -0.2) is 14.1 Å². The zero-order valence-corrected chi connectivity index (χ0v) is 17.9. The van der Waals surface area contributed by atoms with Crippen molar-refractivity contribution in [1.29, 1.82) is 0 Å². The number of fused-ring (bicyclic) bond motifs is 4. The molecule has 0 amide bonds. The predicted octanol–water partition coefficient (Wildman–Crippen LogP) is 2.86. The van der Waals surface area contributed by atoms with E-state index in [4.69, 9.17) is 0 Å². The lowest BCUT2D eigenvalue weighted by atomic mass is 9.95. The Bertz CT molecular complexity index is 1390. The topological polar surface area (TPSA) is 112 Å². The summed E-state index contributed by atoms with van der Waals surface area (Å²) in [7, 11) is 0. The van der Waals surface area contributed by atoms with Gasteiger partial charge in [-0.3, -0.25) is 0 Å². The van der Waals surface area contributed by atoms with Gasteiger partial charge < -0.3 is 20.4 Å². The number of hydrogen-bond acceptors (Lipinski definition) is 8. The molecule has 2 atom stereocenters. The van der Waals surface area contributed by atoms with E-state index in [-0.39, 0.29) is 18.2 Å². The Morgan fingerprint density at radius 1 is 1.24 bits per heavy atom. The van der Waals surface area contributed by atoms with Crippen molar-refractivity contribution in [2.45, 2.75) is 31.5 Å². The zero-order chi connectivity index (χ0) is 22.7. The van der Waals surface area contributed by atoms with Crippen molar-refractivity contribution in [2.75, 3.05) is 23.3 Å². The summed E-state index contributed by atoms with van der Waals surface area (Å²) in [5.41, 5.74) is 2.89. The second-order valence-electron chi connectivity index (χ2n) is 8.92. The smallest absolute Gasteiger partial charge is 0.172 e. The molecule has 0 bridgehead atoms. The molecule has 2 aliphatic rings. The minimum absolute atomic E-state index is 0.0594. The standard InChI is InChI=1S/C23H22FN7O2/c1-23-7-15(31-22-14(9-27-31)5-13(11-32)8-25-22)10-30(23)19-6-18(28-29-21(19)26-12-23)16-3-2-4-17(24)20(16)33/h2-6,8-9,15,32-33H,7,10-12H2,1H3,(H,26,29)/t15-,23-/m1/s1. The SMILES string of the molecule is C[C@@]12CNc3nnc(-c4cccc(F)c4O)cc3N1C[C@H](n1ncc3cc(CO)cnc31)C2. The lowest BCUT2D eigenvalue weighted by Crippen LogP contribution is -2.50. The van der Waals surface area contributed by atoms with Gasteiger partial charge in [-0.1, -0.05) is 6.07 Å². The summed E-state index contributed by atoms with van der Waals surface area (Å²) >= 11 is 0. The summed E-state index contributed by atoms with van der Waals surface area (Å²) in [6.07, 6.45) is 4.29. The van der Waals surface area contributed by atoms with Crippen LogP contribution < -0.4 is 10.2 Å². The summed E-state index contributed by atoms with van der Waals surface area (Å²) in [4.78, 5) is 6.82. The number of pyridine rings is 1. The summed E-state index contributed by atoms with van der Waals surface area (Å²) in [6, 6.07) is 8.19. The number of hydrogen-bond donors (Lipinski definition) is 3. The lowest BCUT2D eigenvalue weighted by molar-refractivity contribution is 0.281. The average molecular weight is 447 g/mol. The van der Waals surface area contributed by atoms with E-state index in [9.17, 15) is 14.6 Å². The molecule has 1 fully saturated rings. The summed E-state index contributed by atoms with van der Waals surface area (Å²) in [5.74, 6) is -0.476. The molecule has 10 heteroatoms. The number of anilines is 2. The number of halogens is 1. The molecule has 0 saturated carbocycles. The zero-order valence-electron chi connectivity index (χ0n) is 17.9. The van der Waals surface area contributed by atoms with E-state index in [0.29, 0.717) is 30.2 Å². The van der Waals surface area contributed by atoms with Crippen LogP contribution in [0, 0.1) is 5.82 Å². The largest absolute Gasteiger partial charge is 0.504 e. The quantitative estimate of drug-likeness (QED) is 0.440. The van der Waals surface area contributed by atoms with Crippen LogP contribution in [-0.2, 0) is 6.61 Å². The molecule has 2 aliphatic heterocycles. The van der Waals surface area contributed by atoms with Crippen LogP contribution in [0.1, 0.15) is 24.9 Å². The molecule has 4 aromatic rings. The van der Waals surface area contributed by atoms with Crippen molar-refractivity contribution in [2.24, 2.45) is 0 Å². The highest BCUT2D eigenvalue weighted by Gasteiger charge is 2.47. The molecule has 6 rings (SSSR count). The van der Waals surface area contributed by atoms with E-state index in [2.05, 4.69) is 37.4 Å². The Hall–Kier alpha value is -3.79. The van der Waals surface area contributed by atoms with Gasteiger partial charge in [-0.05, 0) is 43.2 Å². The number of benzene rings is 1. The van der Waals surface area contributed by atoms with E-state index in [0.717, 1.165) is 28.7 Å². The average Bonchev–Trinajstić information content (AvgIpc) is 3.41. The first kappa shape index (κ1) is 19.9. The Labute approximate surface area is 188 Å². The number of nitrogens with zero attached hydrogens (tertiary/aromatic N) is 6. The Balaban J connectivity index is 1.39. The van der Waals surface area contributed by atoms with E-state index >= 15 is 0 Å². The van der Waals surface area contributed by atoms with Crippen molar-refractivity contribution in [3.8, 4) is 17.0 Å². The molecule has 1 saturated heterocycles. The number of rotatable bonds is 3. The lowest BCUT2D eigenvalue weighted by Gasteiger charge is -2.41. The van der Waals surface area contributed by atoms with Gasteiger partial charge >= 0.3 is 0 Å². The summed E-state index contributed by atoms with van der Waals surface area (Å²) in [5, 5.41) is 37.0. The molecule has 0 radical (unpaired) electrons. The Morgan fingerprint density at radius 3 is 2.97 bits per heavy atom. The van der Waals surface area contributed by atoms with E-state index < -0.39 is 11.6 Å². The number of para-hydroxylation sites is 1. The predicted molar refractivity (Wildman–Crippen MR) is 120 cm³/mol. The van der Waals surface area contributed by atoms with Crippen LogP contribution in [0.5, 0.6) is 5.75 Å². The van der Waals surface area contributed by atoms with E-state index in [1.165, 1.54) is 12.1 Å². The second kappa shape index (κ2) is 7.11. The number of aromatic nitrogens is 5. The monoisotopic (exact) mass is 447 g/mol. The number of aliphatic hydroxyl groups excluding tert-OH is 1. The van der Waals surface area contributed by atoms with Gasteiger partial charge in [0.1, 0.15) is 0 Å². The van der Waals surface area contributed by atoms with Gasteiger partial charge in [-0.15, -0.1) is 10.2 Å². The van der Waals surface area contributed by atoms with Crippen LogP contribution in [0.4, 0.5) is 15.9 Å². The van der Waals surface area contributed by atoms with Crippen molar-refractivity contribution < 1.29 is 14.6 Å². The van der Waals surface area contributed by atoms with Crippen molar-refractivity contribution in [1.82, 2.24) is 25.0 Å². The van der Waals surface area contributed by atoms with Gasteiger partial charge in [0.25, 0.3) is 0 Å². The maximum atomic E-state index is 13.9. The minimum Gasteiger partial charge on any atom is -0.504 e.